The molecule has 1 unspecified atom stereocenters. The normalized spacial score (nSPS) is 21.5. The number of benzene rings is 2. The molecule has 1 atom stereocenters. The summed E-state index contributed by atoms with van der Waals surface area (Å²) >= 11 is 3.49. The molecule has 1 amide bonds. The van der Waals surface area contributed by atoms with Crippen molar-refractivity contribution >= 4 is 27.5 Å². The average molecular weight is 443 g/mol. The lowest BCUT2D eigenvalue weighted by atomic mass is 9.73. The molecule has 0 bridgehead atoms. The highest BCUT2D eigenvalue weighted by Gasteiger charge is 2.41. The van der Waals surface area contributed by atoms with E-state index in [0.717, 1.165) is 48.9 Å². The topological polar surface area (TPSA) is 41.6 Å². The highest BCUT2D eigenvalue weighted by Crippen LogP contribution is 2.36. The number of nitrogens with one attached hydrogen (secondary N) is 1. The first-order chi connectivity index (χ1) is 13.7. The van der Waals surface area contributed by atoms with Gasteiger partial charge in [0.05, 0.1) is 5.41 Å². The molecule has 2 saturated heterocycles. The van der Waals surface area contributed by atoms with E-state index in [2.05, 4.69) is 62.5 Å². The third kappa shape index (κ3) is 4.11. The zero-order valence-electron chi connectivity index (χ0n) is 16.1. The molecule has 4 rings (SSSR count). The zero-order valence-corrected chi connectivity index (χ0v) is 17.7. The van der Waals surface area contributed by atoms with Gasteiger partial charge in [-0.2, -0.15) is 0 Å². The zero-order chi connectivity index (χ0) is 19.4. The van der Waals surface area contributed by atoms with Crippen LogP contribution in [0.1, 0.15) is 24.8 Å². The highest BCUT2D eigenvalue weighted by atomic mass is 79.9. The lowest BCUT2D eigenvalue weighted by Crippen LogP contribution is -2.49. The van der Waals surface area contributed by atoms with Crippen LogP contribution in [0.15, 0.2) is 59.1 Å². The van der Waals surface area contributed by atoms with E-state index in [-0.39, 0.29) is 5.91 Å². The number of carbonyl (C=O) groups excluding carboxylic acids is 1. The molecule has 28 heavy (non-hydrogen) atoms. The average Bonchev–Trinajstić information content (AvgIpc) is 3.23. The number of halogens is 1. The summed E-state index contributed by atoms with van der Waals surface area (Å²) in [5.74, 6) is 0.641. The van der Waals surface area contributed by atoms with Gasteiger partial charge in [-0.1, -0.05) is 46.3 Å². The van der Waals surface area contributed by atoms with Gasteiger partial charge in [-0.25, -0.2) is 0 Å². The molecule has 0 spiro atoms. The first-order valence-corrected chi connectivity index (χ1v) is 10.9. The monoisotopic (exact) mass is 442 g/mol. The van der Waals surface area contributed by atoms with E-state index >= 15 is 0 Å². The van der Waals surface area contributed by atoms with Crippen molar-refractivity contribution in [2.24, 2.45) is 5.92 Å². The quantitative estimate of drug-likeness (QED) is 0.756. The van der Waals surface area contributed by atoms with Crippen molar-refractivity contribution < 1.29 is 9.53 Å². The molecule has 2 aliphatic heterocycles. The van der Waals surface area contributed by atoms with Crippen LogP contribution in [-0.2, 0) is 14.9 Å². The fourth-order valence-corrected chi connectivity index (χ4v) is 4.68. The first-order valence-electron chi connectivity index (χ1n) is 10.1. The van der Waals surface area contributed by atoms with Gasteiger partial charge in [0.1, 0.15) is 0 Å². The van der Waals surface area contributed by atoms with Crippen molar-refractivity contribution in [3.63, 3.8) is 0 Å². The predicted molar refractivity (Wildman–Crippen MR) is 116 cm³/mol. The van der Waals surface area contributed by atoms with E-state index in [1.165, 1.54) is 5.69 Å². The summed E-state index contributed by atoms with van der Waals surface area (Å²) in [7, 11) is 0. The summed E-state index contributed by atoms with van der Waals surface area (Å²) < 4.78 is 6.60. The smallest absolute Gasteiger partial charge is 0.230 e. The molecule has 4 nitrogen and oxygen atoms in total. The summed E-state index contributed by atoms with van der Waals surface area (Å²) in [5, 5.41) is 3.29. The summed E-state index contributed by atoms with van der Waals surface area (Å²) in [6.07, 6.45) is 2.59. The van der Waals surface area contributed by atoms with Crippen LogP contribution in [0.25, 0.3) is 0 Å². The van der Waals surface area contributed by atoms with E-state index < -0.39 is 5.41 Å². The van der Waals surface area contributed by atoms with Gasteiger partial charge in [-0.05, 0) is 55.0 Å². The Morgan fingerprint density at radius 2 is 1.82 bits per heavy atom. The Balaban J connectivity index is 1.40. The fourth-order valence-electron chi connectivity index (χ4n) is 4.41. The number of amides is 1. The Kier molecular flexibility index (Phi) is 6.02. The number of nitrogens with zero attached hydrogens (tertiary/aromatic N) is 1. The minimum Gasteiger partial charge on any atom is -0.381 e. The molecule has 0 saturated carbocycles. The summed E-state index contributed by atoms with van der Waals surface area (Å²) in [6, 6.07) is 18.7. The number of ether oxygens (including phenoxy) is 1. The SMILES string of the molecule is O=C(NCC1CCN(c2ccccc2)C1)C1(c2ccc(Br)cc2)CCOCC1. The van der Waals surface area contributed by atoms with E-state index in [4.69, 9.17) is 4.74 Å². The number of carbonyl (C=O) groups is 1. The minimum atomic E-state index is -0.476. The highest BCUT2D eigenvalue weighted by molar-refractivity contribution is 9.10. The van der Waals surface area contributed by atoms with Crippen molar-refractivity contribution in [2.75, 3.05) is 37.7 Å². The molecule has 148 valence electrons. The lowest BCUT2D eigenvalue weighted by Gasteiger charge is -2.36. The van der Waals surface area contributed by atoms with Crippen LogP contribution >= 0.6 is 15.9 Å². The molecule has 2 aromatic carbocycles. The van der Waals surface area contributed by atoms with Gasteiger partial charge in [-0.3, -0.25) is 4.79 Å². The van der Waals surface area contributed by atoms with Crippen LogP contribution in [0.2, 0.25) is 0 Å². The second-order valence-electron chi connectivity index (χ2n) is 7.85. The standard InChI is InChI=1S/C23H27BrN2O2/c24-20-8-6-19(7-9-20)23(11-14-28-15-12-23)22(27)25-16-18-10-13-26(17-18)21-4-2-1-3-5-21/h1-9,18H,10-17H2,(H,25,27). The van der Waals surface area contributed by atoms with Gasteiger partial charge >= 0.3 is 0 Å². The van der Waals surface area contributed by atoms with Crippen LogP contribution in [0, 0.1) is 5.92 Å². The van der Waals surface area contributed by atoms with Crippen molar-refractivity contribution in [1.82, 2.24) is 5.32 Å². The Hall–Kier alpha value is -1.85. The van der Waals surface area contributed by atoms with E-state index in [0.29, 0.717) is 19.1 Å². The maximum atomic E-state index is 13.3. The van der Waals surface area contributed by atoms with Crippen molar-refractivity contribution in [3.05, 3.63) is 64.6 Å². The van der Waals surface area contributed by atoms with E-state index in [1.807, 2.05) is 18.2 Å². The fraction of sp³-hybridized carbons (Fsp3) is 0.435. The maximum absolute atomic E-state index is 13.3. The Morgan fingerprint density at radius 3 is 2.54 bits per heavy atom. The third-order valence-corrected chi connectivity index (χ3v) is 6.66. The van der Waals surface area contributed by atoms with E-state index in [9.17, 15) is 4.79 Å². The van der Waals surface area contributed by atoms with Crippen LogP contribution in [0.3, 0.4) is 0 Å². The molecule has 1 N–H and O–H groups in total. The summed E-state index contributed by atoms with van der Waals surface area (Å²) in [4.78, 5) is 15.7. The van der Waals surface area contributed by atoms with Crippen LogP contribution in [0.5, 0.6) is 0 Å². The Morgan fingerprint density at radius 1 is 1.11 bits per heavy atom. The molecule has 2 aliphatic rings. The van der Waals surface area contributed by atoms with E-state index in [1.54, 1.807) is 0 Å². The van der Waals surface area contributed by atoms with Crippen molar-refractivity contribution in [2.45, 2.75) is 24.7 Å². The van der Waals surface area contributed by atoms with Gasteiger partial charge < -0.3 is 15.0 Å². The molecule has 5 heteroatoms. The third-order valence-electron chi connectivity index (χ3n) is 6.14. The molecule has 0 aliphatic carbocycles. The van der Waals surface area contributed by atoms with Gasteiger partial charge in [-0.15, -0.1) is 0 Å². The summed E-state index contributed by atoms with van der Waals surface area (Å²) in [6.45, 7) is 4.06. The van der Waals surface area contributed by atoms with Gasteiger partial charge in [0.15, 0.2) is 0 Å². The maximum Gasteiger partial charge on any atom is 0.230 e. The molecule has 2 heterocycles. The lowest BCUT2D eigenvalue weighted by molar-refractivity contribution is -0.130. The van der Waals surface area contributed by atoms with Crippen molar-refractivity contribution in [3.8, 4) is 0 Å². The number of hydrogen-bond acceptors (Lipinski definition) is 3. The van der Waals surface area contributed by atoms with Gasteiger partial charge in [0.2, 0.25) is 5.91 Å². The largest absolute Gasteiger partial charge is 0.381 e. The van der Waals surface area contributed by atoms with Crippen LogP contribution in [-0.4, -0.2) is 38.8 Å². The molecule has 2 aromatic rings. The number of anilines is 1. The second-order valence-corrected chi connectivity index (χ2v) is 8.76. The number of hydrogen-bond donors (Lipinski definition) is 1. The van der Waals surface area contributed by atoms with Crippen molar-refractivity contribution in [1.29, 1.82) is 0 Å². The Bertz CT molecular complexity index is 788. The summed E-state index contributed by atoms with van der Waals surface area (Å²) in [5.41, 5.74) is 1.89. The molecular formula is C23H27BrN2O2. The Labute approximate surface area is 175 Å². The second kappa shape index (κ2) is 8.66. The molecule has 0 aromatic heterocycles. The first kappa shape index (κ1) is 19.5. The van der Waals surface area contributed by atoms with Crippen LogP contribution < -0.4 is 10.2 Å². The minimum absolute atomic E-state index is 0.149. The molecule has 0 radical (unpaired) electrons. The molecule has 2 fully saturated rings. The van der Waals surface area contributed by atoms with Crippen LogP contribution in [0.4, 0.5) is 5.69 Å². The van der Waals surface area contributed by atoms with Gasteiger partial charge in [0.25, 0.3) is 0 Å². The number of rotatable bonds is 5. The predicted octanol–water partition coefficient (Wildman–Crippen LogP) is 4.14. The van der Waals surface area contributed by atoms with Gasteiger partial charge in [0, 0.05) is 43.0 Å². The molecular weight excluding hydrogens is 416 g/mol. The number of para-hydroxylation sites is 1.